The lowest BCUT2D eigenvalue weighted by molar-refractivity contribution is -0.138. The number of nitrogens with zero attached hydrogens (tertiary/aromatic N) is 2. The Hall–Kier alpha value is -1.95. The Morgan fingerprint density at radius 3 is 2.81 bits per heavy atom. The fourth-order valence-electron chi connectivity index (χ4n) is 2.77. The van der Waals surface area contributed by atoms with Gasteiger partial charge in [0.15, 0.2) is 0 Å². The highest BCUT2D eigenvalue weighted by Gasteiger charge is 2.35. The number of likely N-dealkylation sites (N-methyl/N-ethyl adjacent to an activating group) is 1. The summed E-state index contributed by atoms with van der Waals surface area (Å²) in [5.41, 5.74) is 0.351. The third kappa shape index (κ3) is 3.21. The predicted molar refractivity (Wildman–Crippen MR) is 76.8 cm³/mol. The van der Waals surface area contributed by atoms with Crippen LogP contribution in [-0.2, 0) is 9.59 Å². The van der Waals surface area contributed by atoms with Crippen molar-refractivity contribution in [3.63, 3.8) is 0 Å². The van der Waals surface area contributed by atoms with Crippen molar-refractivity contribution in [3.05, 3.63) is 35.6 Å². The minimum atomic E-state index is -0.694. The molecule has 2 rings (SSSR count). The molecule has 0 bridgehead atoms. The van der Waals surface area contributed by atoms with Gasteiger partial charge in [-0.2, -0.15) is 0 Å². The molecule has 1 fully saturated rings. The van der Waals surface area contributed by atoms with Gasteiger partial charge in [0.05, 0.1) is 0 Å². The number of hydrogen-bond donors (Lipinski definition) is 1. The number of amides is 2. The van der Waals surface area contributed by atoms with E-state index in [1.165, 1.54) is 6.07 Å². The van der Waals surface area contributed by atoms with Crippen LogP contribution in [0.15, 0.2) is 24.3 Å². The van der Waals surface area contributed by atoms with E-state index in [2.05, 4.69) is 5.32 Å². The summed E-state index contributed by atoms with van der Waals surface area (Å²) < 4.78 is 14.0. The average molecular weight is 293 g/mol. The van der Waals surface area contributed by atoms with Gasteiger partial charge in [0.2, 0.25) is 12.3 Å². The summed E-state index contributed by atoms with van der Waals surface area (Å²) in [7, 11) is 3.49. The molecule has 2 unspecified atom stereocenters. The molecule has 2 atom stereocenters. The molecule has 1 aromatic rings. The van der Waals surface area contributed by atoms with Gasteiger partial charge in [-0.25, -0.2) is 4.39 Å². The SMILES string of the molecule is CN(C)C(C(=O)N1CCCC1NC=O)c1ccccc1F. The molecule has 0 spiro atoms. The van der Waals surface area contributed by atoms with E-state index in [4.69, 9.17) is 0 Å². The predicted octanol–water partition coefficient (Wildman–Crippen LogP) is 1.12. The molecule has 1 aliphatic rings. The van der Waals surface area contributed by atoms with Crippen molar-refractivity contribution >= 4 is 12.3 Å². The van der Waals surface area contributed by atoms with E-state index in [1.807, 2.05) is 0 Å². The van der Waals surface area contributed by atoms with Crippen LogP contribution in [-0.4, -0.2) is 48.9 Å². The summed E-state index contributed by atoms with van der Waals surface area (Å²) in [6, 6.07) is 5.59. The Labute approximate surface area is 123 Å². The minimum Gasteiger partial charge on any atom is -0.338 e. The fraction of sp³-hybridized carbons (Fsp3) is 0.467. The maximum absolute atomic E-state index is 14.0. The third-order valence-corrected chi connectivity index (χ3v) is 3.75. The van der Waals surface area contributed by atoms with Gasteiger partial charge in [-0.1, -0.05) is 18.2 Å². The zero-order valence-corrected chi connectivity index (χ0v) is 12.3. The molecule has 114 valence electrons. The lowest BCUT2D eigenvalue weighted by Crippen LogP contribution is -2.48. The van der Waals surface area contributed by atoms with Crippen LogP contribution in [0.2, 0.25) is 0 Å². The molecular formula is C15H20FN3O2. The highest BCUT2D eigenvalue weighted by atomic mass is 19.1. The van der Waals surface area contributed by atoms with E-state index >= 15 is 0 Å². The molecule has 1 heterocycles. The van der Waals surface area contributed by atoms with Gasteiger partial charge in [0.1, 0.15) is 18.0 Å². The van der Waals surface area contributed by atoms with Crippen LogP contribution in [0.4, 0.5) is 4.39 Å². The van der Waals surface area contributed by atoms with Crippen molar-refractivity contribution in [3.8, 4) is 0 Å². The second-order valence-electron chi connectivity index (χ2n) is 5.36. The van der Waals surface area contributed by atoms with Gasteiger partial charge in [0.25, 0.3) is 0 Å². The number of nitrogens with one attached hydrogen (secondary N) is 1. The van der Waals surface area contributed by atoms with Gasteiger partial charge in [-0.3, -0.25) is 14.5 Å². The van der Waals surface area contributed by atoms with Crippen LogP contribution in [0.25, 0.3) is 0 Å². The van der Waals surface area contributed by atoms with Crippen LogP contribution in [0, 0.1) is 5.82 Å². The van der Waals surface area contributed by atoms with Crippen molar-refractivity contribution in [1.29, 1.82) is 0 Å². The summed E-state index contributed by atoms with van der Waals surface area (Å²) in [5.74, 6) is -0.592. The van der Waals surface area contributed by atoms with Gasteiger partial charge < -0.3 is 10.2 Å². The van der Waals surface area contributed by atoms with Crippen molar-refractivity contribution < 1.29 is 14.0 Å². The normalized spacial score (nSPS) is 19.6. The topological polar surface area (TPSA) is 52.7 Å². The first kappa shape index (κ1) is 15.4. The molecule has 0 aromatic heterocycles. The van der Waals surface area contributed by atoms with Crippen LogP contribution in [0.3, 0.4) is 0 Å². The first-order valence-corrected chi connectivity index (χ1v) is 6.97. The van der Waals surface area contributed by atoms with E-state index in [-0.39, 0.29) is 12.1 Å². The number of rotatable bonds is 5. The summed E-state index contributed by atoms with van der Waals surface area (Å²) in [6.07, 6.45) is 1.85. The highest BCUT2D eigenvalue weighted by molar-refractivity contribution is 5.84. The fourth-order valence-corrected chi connectivity index (χ4v) is 2.77. The Morgan fingerprint density at radius 1 is 1.48 bits per heavy atom. The van der Waals surface area contributed by atoms with E-state index < -0.39 is 11.9 Å². The third-order valence-electron chi connectivity index (χ3n) is 3.75. The van der Waals surface area contributed by atoms with Crippen molar-refractivity contribution in [2.45, 2.75) is 25.0 Å². The van der Waals surface area contributed by atoms with Gasteiger partial charge >= 0.3 is 0 Å². The van der Waals surface area contributed by atoms with Gasteiger partial charge in [-0.15, -0.1) is 0 Å². The molecule has 1 aromatic carbocycles. The van der Waals surface area contributed by atoms with E-state index in [0.29, 0.717) is 18.5 Å². The van der Waals surface area contributed by atoms with E-state index in [0.717, 1.165) is 12.8 Å². The van der Waals surface area contributed by atoms with Crippen molar-refractivity contribution in [2.24, 2.45) is 0 Å². The molecular weight excluding hydrogens is 273 g/mol. The minimum absolute atomic E-state index is 0.193. The van der Waals surface area contributed by atoms with Gasteiger partial charge in [0, 0.05) is 12.1 Å². The molecule has 5 nitrogen and oxygen atoms in total. The Bertz CT molecular complexity index is 521. The molecule has 1 aliphatic heterocycles. The second kappa shape index (κ2) is 6.67. The second-order valence-corrected chi connectivity index (χ2v) is 5.36. The van der Waals surface area contributed by atoms with Crippen LogP contribution in [0.5, 0.6) is 0 Å². The van der Waals surface area contributed by atoms with Crippen LogP contribution in [0.1, 0.15) is 24.4 Å². The zero-order chi connectivity index (χ0) is 15.4. The highest BCUT2D eigenvalue weighted by Crippen LogP contribution is 2.27. The van der Waals surface area contributed by atoms with Crippen molar-refractivity contribution in [1.82, 2.24) is 15.1 Å². The first-order chi connectivity index (χ1) is 10.1. The standard InChI is InChI=1S/C15H20FN3O2/c1-18(2)14(11-6-3-4-7-12(11)16)15(21)19-9-5-8-13(19)17-10-20/h3-4,6-7,10,13-14H,5,8-9H2,1-2H3,(H,17,20). The lowest BCUT2D eigenvalue weighted by Gasteiger charge is -2.31. The first-order valence-electron chi connectivity index (χ1n) is 6.97. The largest absolute Gasteiger partial charge is 0.338 e. The van der Waals surface area contributed by atoms with E-state index in [1.54, 1.807) is 42.1 Å². The zero-order valence-electron chi connectivity index (χ0n) is 12.3. The smallest absolute Gasteiger partial charge is 0.246 e. The van der Waals surface area contributed by atoms with E-state index in [9.17, 15) is 14.0 Å². The van der Waals surface area contributed by atoms with Crippen LogP contribution >= 0.6 is 0 Å². The molecule has 0 radical (unpaired) electrons. The maximum Gasteiger partial charge on any atom is 0.246 e. The lowest BCUT2D eigenvalue weighted by atomic mass is 10.0. The Kier molecular flexibility index (Phi) is 4.90. The number of carbonyl (C=O) groups excluding carboxylic acids is 2. The summed E-state index contributed by atoms with van der Waals surface area (Å²) >= 11 is 0. The Morgan fingerprint density at radius 2 is 2.19 bits per heavy atom. The summed E-state index contributed by atoms with van der Waals surface area (Å²) in [5, 5.41) is 2.65. The molecule has 6 heteroatoms. The number of benzene rings is 1. The maximum atomic E-state index is 14.0. The summed E-state index contributed by atoms with van der Waals surface area (Å²) in [6.45, 7) is 0.573. The van der Waals surface area contributed by atoms with Crippen molar-refractivity contribution in [2.75, 3.05) is 20.6 Å². The van der Waals surface area contributed by atoms with Crippen LogP contribution < -0.4 is 5.32 Å². The molecule has 1 saturated heterocycles. The quantitative estimate of drug-likeness (QED) is 0.828. The molecule has 21 heavy (non-hydrogen) atoms. The van der Waals surface area contributed by atoms with Gasteiger partial charge in [-0.05, 0) is 33.0 Å². The molecule has 2 amide bonds. The average Bonchev–Trinajstić information content (AvgIpc) is 2.89. The number of likely N-dealkylation sites (tertiary alicyclic amines) is 1. The molecule has 1 N–H and O–H groups in total. The molecule has 0 saturated carbocycles. The monoisotopic (exact) mass is 293 g/mol. The summed E-state index contributed by atoms with van der Waals surface area (Å²) in [4.78, 5) is 26.7. The Balaban J connectivity index is 2.28. The number of halogens is 1. The molecule has 0 aliphatic carbocycles. The number of hydrogen-bond acceptors (Lipinski definition) is 3. The number of carbonyl (C=O) groups is 2.